The van der Waals surface area contributed by atoms with Gasteiger partial charge in [0.2, 0.25) is 5.91 Å². The predicted molar refractivity (Wildman–Crippen MR) is 106 cm³/mol. The molecule has 0 atom stereocenters. The average Bonchev–Trinajstić information content (AvgIpc) is 3.08. The molecule has 0 saturated carbocycles. The smallest absolute Gasteiger partial charge is 0.265 e. The topological polar surface area (TPSA) is 62.7 Å². The molecule has 1 aromatic heterocycles. The van der Waals surface area contributed by atoms with Crippen molar-refractivity contribution in [3.63, 3.8) is 0 Å². The number of thiazole rings is 1. The standard InChI is InChI=1S/C20H25N3O3S/c1-13(2)19(24)22-9-11-23(12-10-22)20(25)17-14(3)21-18(27-17)15-5-7-16(26-4)8-6-15/h5-8,13H,9-12H2,1-4H3. The normalized spacial score (nSPS) is 14.6. The second-order valence-corrected chi connectivity index (χ2v) is 7.93. The molecule has 2 aromatic rings. The maximum Gasteiger partial charge on any atom is 0.265 e. The van der Waals surface area contributed by atoms with Crippen molar-refractivity contribution in [1.82, 2.24) is 14.8 Å². The third-order valence-electron chi connectivity index (χ3n) is 4.70. The quantitative estimate of drug-likeness (QED) is 0.809. The summed E-state index contributed by atoms with van der Waals surface area (Å²) in [6.07, 6.45) is 0. The van der Waals surface area contributed by atoms with Crippen molar-refractivity contribution in [2.45, 2.75) is 20.8 Å². The van der Waals surface area contributed by atoms with Gasteiger partial charge < -0.3 is 14.5 Å². The van der Waals surface area contributed by atoms with E-state index in [-0.39, 0.29) is 17.7 Å². The van der Waals surface area contributed by atoms with Crippen LogP contribution in [0.1, 0.15) is 29.2 Å². The van der Waals surface area contributed by atoms with E-state index in [9.17, 15) is 9.59 Å². The lowest BCUT2D eigenvalue weighted by Crippen LogP contribution is -2.51. The summed E-state index contributed by atoms with van der Waals surface area (Å²) in [5, 5.41) is 0.826. The van der Waals surface area contributed by atoms with E-state index in [1.165, 1.54) is 11.3 Å². The van der Waals surface area contributed by atoms with E-state index in [1.807, 2.05) is 54.8 Å². The van der Waals surface area contributed by atoms with Crippen LogP contribution in [0.5, 0.6) is 5.75 Å². The lowest BCUT2D eigenvalue weighted by atomic mass is 10.1. The molecule has 0 aliphatic carbocycles. The van der Waals surface area contributed by atoms with Gasteiger partial charge in [0.25, 0.3) is 5.91 Å². The van der Waals surface area contributed by atoms with Gasteiger partial charge in [0.15, 0.2) is 0 Å². The Kier molecular flexibility index (Phi) is 5.79. The number of carbonyl (C=O) groups is 2. The highest BCUT2D eigenvalue weighted by Gasteiger charge is 2.28. The van der Waals surface area contributed by atoms with Gasteiger partial charge in [-0.05, 0) is 31.2 Å². The number of ether oxygens (including phenoxy) is 1. The van der Waals surface area contributed by atoms with Crippen LogP contribution >= 0.6 is 11.3 Å². The van der Waals surface area contributed by atoms with Crippen LogP contribution in [0.15, 0.2) is 24.3 Å². The summed E-state index contributed by atoms with van der Waals surface area (Å²) in [7, 11) is 1.63. The molecule has 6 nitrogen and oxygen atoms in total. The molecular weight excluding hydrogens is 362 g/mol. The van der Waals surface area contributed by atoms with Gasteiger partial charge in [-0.2, -0.15) is 0 Å². The van der Waals surface area contributed by atoms with Gasteiger partial charge in [-0.25, -0.2) is 4.98 Å². The number of hydrogen-bond donors (Lipinski definition) is 0. The Morgan fingerprint density at radius 1 is 1.07 bits per heavy atom. The summed E-state index contributed by atoms with van der Waals surface area (Å²) >= 11 is 1.42. The van der Waals surface area contributed by atoms with Gasteiger partial charge in [0.05, 0.1) is 12.8 Å². The molecule has 1 aromatic carbocycles. The van der Waals surface area contributed by atoms with Gasteiger partial charge in [0.1, 0.15) is 15.6 Å². The van der Waals surface area contributed by atoms with Crippen molar-refractivity contribution in [3.05, 3.63) is 34.8 Å². The van der Waals surface area contributed by atoms with E-state index >= 15 is 0 Å². The lowest BCUT2D eigenvalue weighted by Gasteiger charge is -2.35. The number of aromatic nitrogens is 1. The maximum absolute atomic E-state index is 12.9. The predicted octanol–water partition coefficient (Wildman–Crippen LogP) is 3.07. The second kappa shape index (κ2) is 8.08. The van der Waals surface area contributed by atoms with Gasteiger partial charge in [-0.15, -0.1) is 11.3 Å². The first kappa shape index (κ1) is 19.4. The molecule has 2 heterocycles. The van der Waals surface area contributed by atoms with Crippen LogP contribution in [0.25, 0.3) is 10.6 Å². The zero-order valence-corrected chi connectivity index (χ0v) is 17.0. The van der Waals surface area contributed by atoms with Crippen LogP contribution in [0.4, 0.5) is 0 Å². The molecule has 27 heavy (non-hydrogen) atoms. The van der Waals surface area contributed by atoms with E-state index in [4.69, 9.17) is 4.74 Å². The molecule has 1 fully saturated rings. The fourth-order valence-corrected chi connectivity index (χ4v) is 4.13. The van der Waals surface area contributed by atoms with Crippen molar-refractivity contribution in [2.75, 3.05) is 33.3 Å². The van der Waals surface area contributed by atoms with Crippen LogP contribution in [-0.4, -0.2) is 59.9 Å². The van der Waals surface area contributed by atoms with Gasteiger partial charge >= 0.3 is 0 Å². The third kappa shape index (κ3) is 4.13. The number of methoxy groups -OCH3 is 1. The number of amides is 2. The summed E-state index contributed by atoms with van der Waals surface area (Å²) < 4.78 is 5.19. The molecule has 3 rings (SSSR count). The van der Waals surface area contributed by atoms with Crippen molar-refractivity contribution < 1.29 is 14.3 Å². The second-order valence-electron chi connectivity index (χ2n) is 6.93. The summed E-state index contributed by atoms with van der Waals surface area (Å²) in [5.41, 5.74) is 1.71. The van der Waals surface area contributed by atoms with Gasteiger partial charge in [-0.1, -0.05) is 13.8 Å². The molecule has 1 aliphatic rings. The number of nitrogens with zero attached hydrogens (tertiary/aromatic N) is 3. The highest BCUT2D eigenvalue weighted by molar-refractivity contribution is 7.17. The largest absolute Gasteiger partial charge is 0.497 e. The molecule has 1 saturated heterocycles. The summed E-state index contributed by atoms with van der Waals surface area (Å²) in [6, 6.07) is 7.67. The number of carbonyl (C=O) groups excluding carboxylic acids is 2. The number of aryl methyl sites for hydroxylation is 1. The number of benzene rings is 1. The van der Waals surface area contributed by atoms with Crippen LogP contribution in [0.2, 0.25) is 0 Å². The fraction of sp³-hybridized carbons (Fsp3) is 0.450. The zero-order valence-electron chi connectivity index (χ0n) is 16.2. The third-order valence-corrected chi connectivity index (χ3v) is 5.89. The summed E-state index contributed by atoms with van der Waals surface area (Å²) in [6.45, 7) is 7.98. The molecule has 1 aliphatic heterocycles. The molecule has 0 unspecified atom stereocenters. The first-order valence-electron chi connectivity index (χ1n) is 9.10. The van der Waals surface area contributed by atoms with E-state index in [2.05, 4.69) is 4.98 Å². The molecule has 0 spiro atoms. The van der Waals surface area contributed by atoms with E-state index in [1.54, 1.807) is 7.11 Å². The Labute approximate surface area is 163 Å². The summed E-state index contributed by atoms with van der Waals surface area (Å²) in [4.78, 5) is 34.0. The Morgan fingerprint density at radius 2 is 1.67 bits per heavy atom. The van der Waals surface area contributed by atoms with Gasteiger partial charge in [0, 0.05) is 37.7 Å². The zero-order chi connectivity index (χ0) is 19.6. The first-order chi connectivity index (χ1) is 12.9. The molecule has 0 bridgehead atoms. The van der Waals surface area contributed by atoms with E-state index in [0.29, 0.717) is 31.1 Å². The number of piperazine rings is 1. The van der Waals surface area contributed by atoms with E-state index < -0.39 is 0 Å². The van der Waals surface area contributed by atoms with Crippen LogP contribution in [-0.2, 0) is 4.79 Å². The Morgan fingerprint density at radius 3 is 2.22 bits per heavy atom. The van der Waals surface area contributed by atoms with E-state index in [0.717, 1.165) is 22.0 Å². The maximum atomic E-state index is 12.9. The van der Waals surface area contributed by atoms with Crippen molar-refractivity contribution >= 4 is 23.2 Å². The minimum atomic E-state index is -0.0111. The molecular formula is C20H25N3O3S. The molecule has 0 radical (unpaired) electrons. The summed E-state index contributed by atoms with van der Waals surface area (Å²) in [5.74, 6) is 0.930. The lowest BCUT2D eigenvalue weighted by molar-refractivity contribution is -0.135. The Hall–Kier alpha value is -2.41. The Balaban J connectivity index is 1.71. The minimum Gasteiger partial charge on any atom is -0.497 e. The van der Waals surface area contributed by atoms with Crippen LogP contribution in [0, 0.1) is 12.8 Å². The van der Waals surface area contributed by atoms with Gasteiger partial charge in [-0.3, -0.25) is 9.59 Å². The first-order valence-corrected chi connectivity index (χ1v) is 9.92. The monoisotopic (exact) mass is 387 g/mol. The number of rotatable bonds is 4. The van der Waals surface area contributed by atoms with Crippen LogP contribution in [0.3, 0.4) is 0 Å². The molecule has 7 heteroatoms. The van der Waals surface area contributed by atoms with Crippen LogP contribution < -0.4 is 4.74 Å². The molecule has 2 amide bonds. The van der Waals surface area contributed by atoms with Crippen molar-refractivity contribution in [2.24, 2.45) is 5.92 Å². The minimum absolute atomic E-state index is 0.00130. The highest BCUT2D eigenvalue weighted by atomic mass is 32.1. The average molecular weight is 388 g/mol. The SMILES string of the molecule is COc1ccc(-c2nc(C)c(C(=O)N3CCN(C(=O)C(C)C)CC3)s2)cc1. The number of hydrogen-bond acceptors (Lipinski definition) is 5. The molecule has 0 N–H and O–H groups in total. The fourth-order valence-electron chi connectivity index (χ4n) is 3.09. The van der Waals surface area contributed by atoms with Crippen molar-refractivity contribution in [1.29, 1.82) is 0 Å². The van der Waals surface area contributed by atoms with Crippen molar-refractivity contribution in [3.8, 4) is 16.3 Å². The molecule has 144 valence electrons. The highest BCUT2D eigenvalue weighted by Crippen LogP contribution is 2.30. The Bertz CT molecular complexity index is 821.